The predicted octanol–water partition coefficient (Wildman–Crippen LogP) is 3.10. The first-order valence-corrected chi connectivity index (χ1v) is 9.15. The van der Waals surface area contributed by atoms with Gasteiger partial charge in [-0.2, -0.15) is 0 Å². The summed E-state index contributed by atoms with van der Waals surface area (Å²) in [7, 11) is -3.24. The monoisotopic (exact) mass is 292 g/mol. The molecule has 2 aliphatic rings. The minimum atomic E-state index is -3.24. The molecule has 4 heteroatoms. The highest BCUT2D eigenvalue weighted by Gasteiger charge is 2.35. The van der Waals surface area contributed by atoms with E-state index in [0.29, 0.717) is 24.3 Å². The van der Waals surface area contributed by atoms with Crippen molar-refractivity contribution < 1.29 is 13.2 Å². The quantitative estimate of drug-likeness (QED) is 0.804. The fourth-order valence-corrected chi connectivity index (χ4v) is 4.98. The van der Waals surface area contributed by atoms with Crippen LogP contribution in [0.2, 0.25) is 0 Å². The second-order valence-electron chi connectivity index (χ2n) is 5.97. The number of sulfone groups is 1. The highest BCUT2D eigenvalue weighted by molar-refractivity contribution is 7.92. The van der Waals surface area contributed by atoms with Gasteiger partial charge in [-0.05, 0) is 37.2 Å². The van der Waals surface area contributed by atoms with E-state index >= 15 is 0 Å². The van der Waals surface area contributed by atoms with E-state index in [1.165, 1.54) is 24.8 Å². The molecule has 0 radical (unpaired) electrons. The molecule has 20 heavy (non-hydrogen) atoms. The molecule has 3 nitrogen and oxygen atoms in total. The zero-order valence-electron chi connectivity index (χ0n) is 11.5. The minimum absolute atomic E-state index is 0.156. The van der Waals surface area contributed by atoms with Gasteiger partial charge < -0.3 is 0 Å². The Hall–Kier alpha value is -1.16. The number of carbonyl (C=O) groups excluding carboxylic acids is 1. The maximum atomic E-state index is 12.4. The van der Waals surface area contributed by atoms with Crippen molar-refractivity contribution in [2.75, 3.05) is 5.75 Å². The van der Waals surface area contributed by atoms with Crippen LogP contribution in [0.15, 0.2) is 24.3 Å². The molecule has 0 spiro atoms. The van der Waals surface area contributed by atoms with E-state index in [0.717, 1.165) is 6.42 Å². The van der Waals surface area contributed by atoms with Crippen LogP contribution >= 0.6 is 0 Å². The molecule has 1 aromatic carbocycles. The second-order valence-corrected chi connectivity index (χ2v) is 8.27. The summed E-state index contributed by atoms with van der Waals surface area (Å²) in [4.78, 5) is 12.4. The molecule has 0 aromatic heterocycles. The second kappa shape index (κ2) is 5.32. The van der Waals surface area contributed by atoms with Crippen molar-refractivity contribution in [3.8, 4) is 0 Å². The zero-order valence-corrected chi connectivity index (χ0v) is 12.4. The highest BCUT2D eigenvalue weighted by Crippen LogP contribution is 2.36. The van der Waals surface area contributed by atoms with Crippen molar-refractivity contribution in [1.29, 1.82) is 0 Å². The van der Waals surface area contributed by atoms with Crippen LogP contribution < -0.4 is 0 Å². The zero-order chi connectivity index (χ0) is 14.2. The Morgan fingerprint density at radius 1 is 0.950 bits per heavy atom. The lowest BCUT2D eigenvalue weighted by Crippen LogP contribution is -2.35. The van der Waals surface area contributed by atoms with Crippen LogP contribution in [-0.4, -0.2) is 25.2 Å². The van der Waals surface area contributed by atoms with Gasteiger partial charge in [-0.15, -0.1) is 0 Å². The third-order valence-electron chi connectivity index (χ3n) is 4.64. The Morgan fingerprint density at radius 3 is 2.20 bits per heavy atom. The summed E-state index contributed by atoms with van der Waals surface area (Å²) < 4.78 is 24.0. The number of ketones is 1. The van der Waals surface area contributed by atoms with Crippen LogP contribution in [0.25, 0.3) is 0 Å². The molecular weight excluding hydrogens is 272 g/mol. The Balaban J connectivity index is 1.79. The molecular formula is C16H20O3S. The molecule has 2 fully saturated rings. The normalized spacial score (nSPS) is 25.9. The SMILES string of the molecule is O=C(c1ccc(C2CCC2)cc1)C1CCCCS1(=O)=O. The third-order valence-corrected chi connectivity index (χ3v) is 6.82. The van der Waals surface area contributed by atoms with Gasteiger partial charge in [0.1, 0.15) is 5.25 Å². The smallest absolute Gasteiger partial charge is 0.180 e. The first kappa shape index (κ1) is 13.8. The molecule has 0 amide bonds. The van der Waals surface area contributed by atoms with E-state index in [2.05, 4.69) is 0 Å². The third kappa shape index (κ3) is 2.53. The molecule has 3 rings (SSSR count). The lowest BCUT2D eigenvalue weighted by molar-refractivity contribution is 0.0981. The Labute approximate surface area is 120 Å². The Morgan fingerprint density at radius 2 is 1.65 bits per heavy atom. The standard InChI is InChI=1S/C16H20O3S/c17-16(15-6-1-2-11-20(15,18)19)14-9-7-13(8-10-14)12-4-3-5-12/h7-10,12,15H,1-6,11H2. The van der Waals surface area contributed by atoms with Crippen LogP contribution in [-0.2, 0) is 9.84 Å². The minimum Gasteiger partial charge on any atom is -0.293 e. The lowest BCUT2D eigenvalue weighted by atomic mass is 9.80. The molecule has 1 saturated heterocycles. The number of Topliss-reactive ketones (excluding diaryl/α,β-unsaturated/α-hetero) is 1. The average Bonchev–Trinajstić information content (AvgIpc) is 2.36. The Bertz CT molecular complexity index is 597. The first-order valence-electron chi connectivity index (χ1n) is 7.44. The molecule has 1 atom stereocenters. The van der Waals surface area contributed by atoms with Crippen LogP contribution in [0, 0.1) is 0 Å². The summed E-state index contributed by atoms with van der Waals surface area (Å²) in [5.41, 5.74) is 1.82. The Kier molecular flexibility index (Phi) is 3.67. The van der Waals surface area contributed by atoms with Crippen LogP contribution in [0.3, 0.4) is 0 Å². The average molecular weight is 292 g/mol. The van der Waals surface area contributed by atoms with Crippen molar-refractivity contribution in [3.05, 3.63) is 35.4 Å². The van der Waals surface area contributed by atoms with E-state index < -0.39 is 15.1 Å². The van der Waals surface area contributed by atoms with E-state index in [9.17, 15) is 13.2 Å². The van der Waals surface area contributed by atoms with Gasteiger partial charge in [-0.1, -0.05) is 37.1 Å². The van der Waals surface area contributed by atoms with Crippen molar-refractivity contribution >= 4 is 15.6 Å². The van der Waals surface area contributed by atoms with Gasteiger partial charge in [0.05, 0.1) is 5.75 Å². The van der Waals surface area contributed by atoms with Crippen molar-refractivity contribution in [1.82, 2.24) is 0 Å². The highest BCUT2D eigenvalue weighted by atomic mass is 32.2. The summed E-state index contributed by atoms with van der Waals surface area (Å²) in [5, 5.41) is -0.814. The molecule has 1 aromatic rings. The fourth-order valence-electron chi connectivity index (χ4n) is 3.10. The molecule has 1 aliphatic heterocycles. The van der Waals surface area contributed by atoms with Crippen LogP contribution in [0.4, 0.5) is 0 Å². The summed E-state index contributed by atoms with van der Waals surface area (Å²) in [5.74, 6) is 0.575. The van der Waals surface area contributed by atoms with Gasteiger partial charge in [-0.25, -0.2) is 8.42 Å². The maximum Gasteiger partial charge on any atom is 0.180 e. The molecule has 1 saturated carbocycles. The molecule has 108 valence electrons. The largest absolute Gasteiger partial charge is 0.293 e. The summed E-state index contributed by atoms with van der Waals surface area (Å²) in [6.07, 6.45) is 5.73. The number of hydrogen-bond donors (Lipinski definition) is 0. The van der Waals surface area contributed by atoms with E-state index in [-0.39, 0.29) is 11.5 Å². The number of hydrogen-bond acceptors (Lipinski definition) is 3. The van der Waals surface area contributed by atoms with Crippen LogP contribution in [0.5, 0.6) is 0 Å². The maximum absolute atomic E-state index is 12.4. The van der Waals surface area contributed by atoms with Gasteiger partial charge >= 0.3 is 0 Å². The fraction of sp³-hybridized carbons (Fsp3) is 0.562. The van der Waals surface area contributed by atoms with Crippen molar-refractivity contribution in [3.63, 3.8) is 0 Å². The molecule has 1 heterocycles. The van der Waals surface area contributed by atoms with Crippen molar-refractivity contribution in [2.24, 2.45) is 0 Å². The van der Waals surface area contributed by atoms with Gasteiger partial charge in [-0.3, -0.25) is 4.79 Å². The number of rotatable bonds is 3. The molecule has 0 N–H and O–H groups in total. The topological polar surface area (TPSA) is 51.2 Å². The molecule has 1 unspecified atom stereocenters. The first-order chi connectivity index (χ1) is 9.58. The molecule has 0 bridgehead atoms. The van der Waals surface area contributed by atoms with Gasteiger partial charge in [0.25, 0.3) is 0 Å². The summed E-state index contributed by atoms with van der Waals surface area (Å²) >= 11 is 0. The van der Waals surface area contributed by atoms with E-state index in [1.807, 2.05) is 12.1 Å². The predicted molar refractivity (Wildman–Crippen MR) is 78.8 cm³/mol. The van der Waals surface area contributed by atoms with Crippen molar-refractivity contribution in [2.45, 2.75) is 49.7 Å². The van der Waals surface area contributed by atoms with E-state index in [4.69, 9.17) is 0 Å². The van der Waals surface area contributed by atoms with Gasteiger partial charge in [0.2, 0.25) is 0 Å². The van der Waals surface area contributed by atoms with E-state index in [1.54, 1.807) is 12.1 Å². The van der Waals surface area contributed by atoms with Gasteiger partial charge in [0, 0.05) is 5.56 Å². The summed E-state index contributed by atoms with van der Waals surface area (Å²) in [6, 6.07) is 7.60. The lowest BCUT2D eigenvalue weighted by Gasteiger charge is -2.26. The van der Waals surface area contributed by atoms with Gasteiger partial charge in [0.15, 0.2) is 15.6 Å². The van der Waals surface area contributed by atoms with Crippen LogP contribution in [0.1, 0.15) is 60.4 Å². The summed E-state index contributed by atoms with van der Waals surface area (Å²) in [6.45, 7) is 0. The number of benzene rings is 1. The number of carbonyl (C=O) groups is 1. The molecule has 1 aliphatic carbocycles.